The Hall–Kier alpha value is -1.35. The van der Waals surface area contributed by atoms with Crippen LogP contribution in [0, 0.1) is 0 Å². The lowest BCUT2D eigenvalue weighted by Gasteiger charge is -2.24. The van der Waals surface area contributed by atoms with Crippen LogP contribution in [0.5, 0.6) is 5.75 Å². The second kappa shape index (κ2) is 10.8. The zero-order valence-corrected chi connectivity index (χ0v) is 19.3. The summed E-state index contributed by atoms with van der Waals surface area (Å²) in [6.07, 6.45) is 2.04. The van der Waals surface area contributed by atoms with Crippen molar-refractivity contribution in [3.63, 3.8) is 0 Å². The number of benzene rings is 2. The van der Waals surface area contributed by atoms with Crippen LogP contribution >= 0.6 is 34.7 Å². The van der Waals surface area contributed by atoms with Gasteiger partial charge in [0.25, 0.3) is 0 Å². The molecule has 8 heteroatoms. The Morgan fingerprint density at radius 2 is 2.00 bits per heavy atom. The number of nitrogens with zero attached hydrogens (tertiary/aromatic N) is 1. The summed E-state index contributed by atoms with van der Waals surface area (Å²) < 4.78 is 7.71. The Morgan fingerprint density at radius 1 is 1.20 bits per heavy atom. The molecule has 30 heavy (non-hydrogen) atoms. The zero-order chi connectivity index (χ0) is 21.6. The molecule has 0 atom stereocenters. The molecule has 0 spiro atoms. The number of thioether (sulfide) groups is 1. The number of fused-ring (bicyclic) bond motifs is 1. The third kappa shape index (κ3) is 6.09. The van der Waals surface area contributed by atoms with Crippen LogP contribution in [0.15, 0.2) is 40.7 Å². The lowest BCUT2D eigenvalue weighted by molar-refractivity contribution is 0.113. The highest BCUT2D eigenvalue weighted by Crippen LogP contribution is 2.34. The first-order valence-electron chi connectivity index (χ1n) is 9.90. The lowest BCUT2D eigenvalue weighted by atomic mass is 9.94. The Labute approximate surface area is 190 Å². The first-order valence-corrected chi connectivity index (χ1v) is 12.1. The van der Waals surface area contributed by atoms with E-state index in [1.54, 1.807) is 23.1 Å². The molecule has 4 N–H and O–H groups in total. The molecule has 162 valence electrons. The summed E-state index contributed by atoms with van der Waals surface area (Å²) in [5.41, 5.74) is 8.17. The van der Waals surface area contributed by atoms with Crippen LogP contribution in [-0.2, 0) is 12.2 Å². The minimum absolute atomic E-state index is 0.230. The molecule has 0 saturated carbocycles. The molecule has 0 bridgehead atoms. The van der Waals surface area contributed by atoms with Crippen LogP contribution in [0.4, 0.5) is 0 Å². The van der Waals surface area contributed by atoms with E-state index in [9.17, 15) is 10.2 Å². The summed E-state index contributed by atoms with van der Waals surface area (Å²) in [7, 11) is 0. The average Bonchev–Trinajstić information content (AvgIpc) is 3.16. The van der Waals surface area contributed by atoms with Crippen molar-refractivity contribution >= 4 is 44.9 Å². The molecule has 1 heterocycles. The molecule has 3 rings (SSSR count). The monoisotopic (exact) mass is 466 g/mol. The highest BCUT2D eigenvalue weighted by atomic mass is 35.5. The zero-order valence-electron chi connectivity index (χ0n) is 16.9. The maximum Gasteiger partial charge on any atom is 0.151 e. The molecule has 5 nitrogen and oxygen atoms in total. The van der Waals surface area contributed by atoms with Crippen molar-refractivity contribution in [1.29, 1.82) is 0 Å². The molecule has 0 fully saturated rings. The number of halogens is 1. The number of rotatable bonds is 11. The fourth-order valence-corrected chi connectivity index (χ4v) is 5.41. The van der Waals surface area contributed by atoms with Crippen LogP contribution in [0.3, 0.4) is 0 Å². The van der Waals surface area contributed by atoms with Crippen molar-refractivity contribution in [2.45, 2.75) is 41.8 Å². The van der Waals surface area contributed by atoms with Crippen LogP contribution in [0.25, 0.3) is 10.2 Å². The van der Waals surface area contributed by atoms with E-state index < -0.39 is 5.54 Å². The number of aliphatic hydroxyl groups is 2. The van der Waals surface area contributed by atoms with Gasteiger partial charge in [0, 0.05) is 10.8 Å². The lowest BCUT2D eigenvalue weighted by Crippen LogP contribution is -2.47. The third-order valence-electron chi connectivity index (χ3n) is 4.88. The fourth-order valence-electron chi connectivity index (χ4n) is 3.07. The predicted octanol–water partition coefficient (Wildman–Crippen LogP) is 4.65. The van der Waals surface area contributed by atoms with Crippen molar-refractivity contribution in [1.82, 2.24) is 4.98 Å². The highest BCUT2D eigenvalue weighted by molar-refractivity contribution is 8.00. The number of hydrogen-bond acceptors (Lipinski definition) is 7. The Balaban J connectivity index is 1.57. The molecule has 1 aromatic heterocycles. The van der Waals surface area contributed by atoms with Crippen LogP contribution in [0.1, 0.15) is 30.9 Å². The number of nitrogens with two attached hydrogens (primary N) is 1. The smallest absolute Gasteiger partial charge is 0.151 e. The summed E-state index contributed by atoms with van der Waals surface area (Å²) in [6.45, 7) is 2.17. The van der Waals surface area contributed by atoms with E-state index >= 15 is 0 Å². The van der Waals surface area contributed by atoms with E-state index in [0.717, 1.165) is 55.0 Å². The summed E-state index contributed by atoms with van der Waals surface area (Å²) >= 11 is 9.84. The van der Waals surface area contributed by atoms with E-state index in [0.29, 0.717) is 13.0 Å². The van der Waals surface area contributed by atoms with Gasteiger partial charge in [0.1, 0.15) is 5.75 Å². The molecule has 0 saturated heterocycles. The number of aliphatic hydroxyl groups excluding tert-OH is 2. The standard InChI is InChI=1S/C22H27ClN2O3S2/c1-2-28-17-7-8-19-20(11-17)30-21(25-19)29-12-15-5-6-16(18(23)10-15)4-3-9-22(24,13-26)14-27/h5-8,10-11,26-27H,2-4,9,12-14,24H2,1H3. The van der Waals surface area contributed by atoms with E-state index in [1.807, 2.05) is 37.3 Å². The van der Waals surface area contributed by atoms with Crippen LogP contribution in [0.2, 0.25) is 5.02 Å². The molecule has 0 amide bonds. The molecule has 0 radical (unpaired) electrons. The van der Waals surface area contributed by atoms with Crippen LogP contribution in [-0.4, -0.2) is 40.6 Å². The maximum absolute atomic E-state index is 9.29. The molecular formula is C22H27ClN2O3S2. The van der Waals surface area contributed by atoms with Gasteiger partial charge in [-0.2, -0.15) is 0 Å². The maximum atomic E-state index is 9.29. The quantitative estimate of drug-likeness (QED) is 0.356. The van der Waals surface area contributed by atoms with E-state index in [-0.39, 0.29) is 13.2 Å². The van der Waals surface area contributed by atoms with Crippen molar-refractivity contribution in [3.05, 3.63) is 52.5 Å². The normalized spacial score (nSPS) is 11.9. The number of hydrogen-bond donors (Lipinski definition) is 3. The summed E-state index contributed by atoms with van der Waals surface area (Å²) in [5, 5.41) is 19.3. The van der Waals surface area contributed by atoms with E-state index in [4.69, 9.17) is 22.1 Å². The minimum atomic E-state index is -0.927. The second-order valence-corrected chi connectivity index (χ2v) is 9.95. The largest absolute Gasteiger partial charge is 0.494 e. The van der Waals surface area contributed by atoms with Crippen LogP contribution < -0.4 is 10.5 Å². The van der Waals surface area contributed by atoms with Crippen molar-refractivity contribution in [3.8, 4) is 5.75 Å². The van der Waals surface area contributed by atoms with Gasteiger partial charge in [-0.15, -0.1) is 11.3 Å². The minimum Gasteiger partial charge on any atom is -0.494 e. The predicted molar refractivity (Wildman–Crippen MR) is 126 cm³/mol. The molecule has 2 aromatic carbocycles. The SMILES string of the molecule is CCOc1ccc2nc(SCc3ccc(CCCC(N)(CO)CO)c(Cl)c3)sc2c1. The molecule has 0 aliphatic carbocycles. The summed E-state index contributed by atoms with van der Waals surface area (Å²) in [5.74, 6) is 1.66. The second-order valence-electron chi connectivity index (χ2n) is 7.29. The molecule has 0 unspecified atom stereocenters. The van der Waals surface area contributed by atoms with Gasteiger partial charge in [0.05, 0.1) is 35.6 Å². The Kier molecular flexibility index (Phi) is 8.39. The van der Waals surface area contributed by atoms with Gasteiger partial charge in [-0.1, -0.05) is 35.5 Å². The Morgan fingerprint density at radius 3 is 2.70 bits per heavy atom. The first-order chi connectivity index (χ1) is 14.5. The third-order valence-corrected chi connectivity index (χ3v) is 7.47. The molecule has 3 aromatic rings. The molecular weight excluding hydrogens is 440 g/mol. The van der Waals surface area contributed by atoms with E-state index in [1.165, 1.54) is 0 Å². The first kappa shape index (κ1) is 23.3. The molecule has 0 aliphatic rings. The fraction of sp³-hybridized carbons (Fsp3) is 0.409. The number of aromatic nitrogens is 1. The van der Waals surface area contributed by atoms with Gasteiger partial charge in [0.15, 0.2) is 4.34 Å². The highest BCUT2D eigenvalue weighted by Gasteiger charge is 2.22. The van der Waals surface area contributed by atoms with Gasteiger partial charge >= 0.3 is 0 Å². The topological polar surface area (TPSA) is 88.6 Å². The Bertz CT molecular complexity index is 976. The molecule has 0 aliphatic heterocycles. The van der Waals surface area contributed by atoms with Gasteiger partial charge in [-0.3, -0.25) is 0 Å². The average molecular weight is 467 g/mol. The van der Waals surface area contributed by atoms with Gasteiger partial charge in [-0.05, 0) is 61.6 Å². The van der Waals surface area contributed by atoms with Crippen molar-refractivity contribution in [2.75, 3.05) is 19.8 Å². The number of aryl methyl sites for hydroxylation is 1. The van der Waals surface area contributed by atoms with Crippen molar-refractivity contribution in [2.24, 2.45) is 5.73 Å². The van der Waals surface area contributed by atoms with Gasteiger partial charge in [0.2, 0.25) is 0 Å². The number of ether oxygens (including phenoxy) is 1. The van der Waals surface area contributed by atoms with E-state index in [2.05, 4.69) is 11.1 Å². The van der Waals surface area contributed by atoms with Gasteiger partial charge < -0.3 is 20.7 Å². The summed E-state index contributed by atoms with van der Waals surface area (Å²) in [6, 6.07) is 12.1. The van der Waals surface area contributed by atoms with Gasteiger partial charge in [-0.25, -0.2) is 4.98 Å². The van der Waals surface area contributed by atoms with Crippen molar-refractivity contribution < 1.29 is 14.9 Å². The summed E-state index contributed by atoms with van der Waals surface area (Å²) in [4.78, 5) is 4.69. The number of thiazole rings is 1.